The fraction of sp³-hybridized carbons (Fsp3) is 0.526. The van der Waals surface area contributed by atoms with Crippen LogP contribution in [0.4, 0.5) is 5.69 Å². The van der Waals surface area contributed by atoms with Crippen LogP contribution < -0.4 is 0 Å². The number of hydrogen-bond acceptors (Lipinski definition) is 4. The van der Waals surface area contributed by atoms with Crippen molar-refractivity contribution in [2.24, 2.45) is 10.8 Å². The second-order valence-electron chi connectivity index (χ2n) is 7.43. The van der Waals surface area contributed by atoms with E-state index in [9.17, 15) is 14.9 Å². The topological polar surface area (TPSA) is 69.4 Å². The predicted molar refractivity (Wildman–Crippen MR) is 88.6 cm³/mol. The lowest BCUT2D eigenvalue weighted by molar-refractivity contribution is -0.384. The number of nitro groups is 1. The lowest BCUT2D eigenvalue weighted by Crippen LogP contribution is -2.64. The molecule has 0 spiro atoms. The number of allylic oxidation sites excluding steroid dienone is 2. The van der Waals surface area contributed by atoms with E-state index >= 15 is 0 Å². The first-order valence-corrected chi connectivity index (χ1v) is 8.67. The Labute approximate surface area is 140 Å². The van der Waals surface area contributed by atoms with Crippen molar-refractivity contribution in [3.8, 4) is 0 Å². The Morgan fingerprint density at radius 2 is 1.83 bits per heavy atom. The summed E-state index contributed by atoms with van der Waals surface area (Å²) in [5, 5.41) is 10.7. The van der Waals surface area contributed by atoms with Crippen molar-refractivity contribution in [3.05, 3.63) is 52.1 Å². The first-order valence-electron chi connectivity index (χ1n) is 8.67. The summed E-state index contributed by atoms with van der Waals surface area (Å²) >= 11 is 0. The highest BCUT2D eigenvalue weighted by molar-refractivity contribution is 5.89. The van der Waals surface area contributed by atoms with Gasteiger partial charge in [-0.15, -0.1) is 0 Å². The van der Waals surface area contributed by atoms with Crippen LogP contribution in [0.25, 0.3) is 0 Å². The van der Waals surface area contributed by atoms with Crippen LogP contribution in [0.2, 0.25) is 0 Å². The Hall–Kier alpha value is -2.17. The summed E-state index contributed by atoms with van der Waals surface area (Å²) in [6, 6.07) is 5.66. The quantitative estimate of drug-likeness (QED) is 0.356. The van der Waals surface area contributed by atoms with Gasteiger partial charge in [0.15, 0.2) is 0 Å². The van der Waals surface area contributed by atoms with Gasteiger partial charge in [0.1, 0.15) is 6.10 Å². The first-order chi connectivity index (χ1) is 11.6. The van der Waals surface area contributed by atoms with Crippen LogP contribution in [-0.4, -0.2) is 17.0 Å². The summed E-state index contributed by atoms with van der Waals surface area (Å²) in [5.74, 6) is -0.363. The van der Waals surface area contributed by atoms with Crippen LogP contribution in [0.3, 0.4) is 0 Å². The molecule has 2 fully saturated rings. The highest BCUT2D eigenvalue weighted by Gasteiger charge is 2.66. The molecule has 5 heteroatoms. The zero-order valence-corrected chi connectivity index (χ0v) is 13.6. The van der Waals surface area contributed by atoms with E-state index in [1.165, 1.54) is 43.5 Å². The van der Waals surface area contributed by atoms with Crippen molar-refractivity contribution in [2.45, 2.75) is 51.0 Å². The summed E-state index contributed by atoms with van der Waals surface area (Å²) < 4.78 is 5.85. The summed E-state index contributed by atoms with van der Waals surface area (Å²) in [6.45, 7) is 0. The van der Waals surface area contributed by atoms with E-state index in [1.807, 2.05) is 0 Å². The van der Waals surface area contributed by atoms with Gasteiger partial charge in [-0.05, 0) is 49.7 Å². The van der Waals surface area contributed by atoms with Gasteiger partial charge in [-0.3, -0.25) is 10.1 Å². The molecular formula is C19H21NO4. The SMILES string of the molecule is O=C(O[C@@H]1C[C@@]23CC=CC[C@]12CCCC3)c1ccc([N+](=O)[O-])cc1. The van der Waals surface area contributed by atoms with Gasteiger partial charge in [-0.1, -0.05) is 25.0 Å². The average Bonchev–Trinajstić information content (AvgIpc) is 2.59. The number of hydrogen-bond donors (Lipinski definition) is 0. The first kappa shape index (κ1) is 15.4. The molecule has 0 aromatic heterocycles. The number of carbonyl (C=O) groups is 1. The molecule has 0 aliphatic heterocycles. The summed E-state index contributed by atoms with van der Waals surface area (Å²) in [5.41, 5.74) is 0.825. The number of non-ortho nitro benzene ring substituents is 1. The standard InChI is InChI=1S/C19H21NO4/c21-17(14-5-7-15(8-6-14)20(22)23)24-16-13-18-9-1-3-11-19(16,18)12-4-2-10-18/h1,3,5-8,16H,2,4,9-13H2/t16-,18+,19+/m1/s1. The van der Waals surface area contributed by atoms with E-state index < -0.39 is 4.92 Å². The Bertz CT molecular complexity index is 711. The number of ether oxygens (including phenoxy) is 1. The number of nitro benzene ring substituents is 1. The molecule has 3 atom stereocenters. The molecule has 0 bridgehead atoms. The van der Waals surface area contributed by atoms with E-state index in [0.29, 0.717) is 11.0 Å². The van der Waals surface area contributed by atoms with E-state index in [-0.39, 0.29) is 23.2 Å². The van der Waals surface area contributed by atoms with Crippen molar-refractivity contribution in [1.29, 1.82) is 0 Å². The van der Waals surface area contributed by atoms with Gasteiger partial charge < -0.3 is 4.74 Å². The number of esters is 1. The number of carbonyl (C=O) groups excluding carboxylic acids is 1. The largest absolute Gasteiger partial charge is 0.458 e. The summed E-state index contributed by atoms with van der Waals surface area (Å²) in [7, 11) is 0. The van der Waals surface area contributed by atoms with Gasteiger partial charge in [0, 0.05) is 17.5 Å². The van der Waals surface area contributed by atoms with Crippen LogP contribution in [-0.2, 0) is 4.74 Å². The number of benzene rings is 1. The summed E-state index contributed by atoms with van der Waals surface area (Å²) in [4.78, 5) is 22.7. The smallest absolute Gasteiger partial charge is 0.338 e. The van der Waals surface area contributed by atoms with Gasteiger partial charge in [-0.2, -0.15) is 0 Å². The third-order valence-corrected chi connectivity index (χ3v) is 6.50. The maximum absolute atomic E-state index is 12.5. The van der Waals surface area contributed by atoms with Crippen LogP contribution in [0.1, 0.15) is 55.3 Å². The van der Waals surface area contributed by atoms with Crippen LogP contribution in [0.5, 0.6) is 0 Å². The Balaban J connectivity index is 1.50. The fourth-order valence-electron chi connectivity index (χ4n) is 5.16. The fourth-order valence-corrected chi connectivity index (χ4v) is 5.16. The van der Waals surface area contributed by atoms with Gasteiger partial charge in [0.25, 0.3) is 5.69 Å². The van der Waals surface area contributed by atoms with Gasteiger partial charge in [-0.25, -0.2) is 4.79 Å². The normalized spacial score (nSPS) is 33.8. The number of nitrogens with zero attached hydrogens (tertiary/aromatic N) is 1. The van der Waals surface area contributed by atoms with Crippen molar-refractivity contribution >= 4 is 11.7 Å². The highest BCUT2D eigenvalue weighted by Crippen LogP contribution is 2.70. The molecule has 0 unspecified atom stereocenters. The number of rotatable bonds is 3. The monoisotopic (exact) mass is 327 g/mol. The molecule has 0 amide bonds. The third-order valence-electron chi connectivity index (χ3n) is 6.50. The zero-order chi connectivity index (χ0) is 16.8. The van der Waals surface area contributed by atoms with Crippen molar-refractivity contribution in [1.82, 2.24) is 0 Å². The van der Waals surface area contributed by atoms with Crippen molar-refractivity contribution in [3.63, 3.8) is 0 Å². The van der Waals surface area contributed by atoms with E-state index in [0.717, 1.165) is 25.7 Å². The Morgan fingerprint density at radius 3 is 2.58 bits per heavy atom. The molecule has 2 saturated carbocycles. The zero-order valence-electron chi connectivity index (χ0n) is 13.6. The second-order valence-corrected chi connectivity index (χ2v) is 7.43. The van der Waals surface area contributed by atoms with E-state index in [2.05, 4.69) is 12.2 Å². The minimum absolute atomic E-state index is 0.0162. The lowest BCUT2D eigenvalue weighted by Gasteiger charge is -2.67. The van der Waals surface area contributed by atoms with Crippen LogP contribution in [0, 0.1) is 20.9 Å². The highest BCUT2D eigenvalue weighted by atomic mass is 16.6. The van der Waals surface area contributed by atoms with Crippen molar-refractivity contribution < 1.29 is 14.5 Å². The minimum Gasteiger partial charge on any atom is -0.458 e. The van der Waals surface area contributed by atoms with Crippen LogP contribution in [0.15, 0.2) is 36.4 Å². The molecule has 0 heterocycles. The third kappa shape index (κ3) is 2.10. The molecule has 5 nitrogen and oxygen atoms in total. The molecular weight excluding hydrogens is 306 g/mol. The van der Waals surface area contributed by atoms with Gasteiger partial charge >= 0.3 is 5.97 Å². The molecule has 0 N–H and O–H groups in total. The van der Waals surface area contributed by atoms with Gasteiger partial charge in [0.05, 0.1) is 10.5 Å². The van der Waals surface area contributed by atoms with Crippen LogP contribution >= 0.6 is 0 Å². The predicted octanol–water partition coefficient (Wildman–Crippen LogP) is 4.42. The average molecular weight is 327 g/mol. The van der Waals surface area contributed by atoms with Gasteiger partial charge in [0.2, 0.25) is 0 Å². The van der Waals surface area contributed by atoms with Crippen molar-refractivity contribution in [2.75, 3.05) is 0 Å². The van der Waals surface area contributed by atoms with E-state index in [1.54, 1.807) is 0 Å². The molecule has 0 saturated heterocycles. The molecule has 4 rings (SSSR count). The molecule has 0 radical (unpaired) electrons. The molecule has 3 aliphatic rings. The summed E-state index contributed by atoms with van der Waals surface area (Å²) in [6.07, 6.45) is 12.4. The molecule has 1 aromatic carbocycles. The van der Waals surface area contributed by atoms with E-state index in [4.69, 9.17) is 4.74 Å². The maximum atomic E-state index is 12.5. The molecule has 24 heavy (non-hydrogen) atoms. The second kappa shape index (κ2) is 5.43. The minimum atomic E-state index is -0.468. The maximum Gasteiger partial charge on any atom is 0.338 e. The molecule has 3 aliphatic carbocycles. The Kier molecular flexibility index (Phi) is 3.48. The Morgan fingerprint density at radius 1 is 1.12 bits per heavy atom. The molecule has 126 valence electrons. The lowest BCUT2D eigenvalue weighted by atomic mass is 9.39. The molecule has 1 aromatic rings.